The lowest BCUT2D eigenvalue weighted by Gasteiger charge is -2.14. The molecule has 0 aromatic carbocycles. The van der Waals surface area contributed by atoms with Crippen LogP contribution in [0.2, 0.25) is 0 Å². The minimum atomic E-state index is 0. The predicted molar refractivity (Wildman–Crippen MR) is 48.9 cm³/mol. The highest BCUT2D eigenvalue weighted by Gasteiger charge is 2.15. The molecule has 0 amide bonds. The first kappa shape index (κ1) is 10.3. The summed E-state index contributed by atoms with van der Waals surface area (Å²) in [5.74, 6) is 0.491. The standard InChI is InChI=1S/C7H13N3.ClH/c1-7(2,3)5-4-9-6(8)10-5;/h4H,1-3H3,(H3,8,9,10);1H. The van der Waals surface area contributed by atoms with Gasteiger partial charge in [-0.25, -0.2) is 4.98 Å². The lowest BCUT2D eigenvalue weighted by Crippen LogP contribution is -2.11. The Morgan fingerprint density at radius 1 is 1.45 bits per heavy atom. The molecule has 11 heavy (non-hydrogen) atoms. The fraction of sp³-hybridized carbons (Fsp3) is 0.571. The van der Waals surface area contributed by atoms with Crippen molar-refractivity contribution in [2.45, 2.75) is 26.2 Å². The molecule has 0 radical (unpaired) electrons. The third-order valence-electron chi connectivity index (χ3n) is 1.40. The van der Waals surface area contributed by atoms with E-state index in [1.807, 2.05) is 0 Å². The molecular formula is C7H14ClN3. The Hall–Kier alpha value is -0.700. The second-order valence-electron chi connectivity index (χ2n) is 3.43. The Bertz CT molecular complexity index is 224. The minimum Gasteiger partial charge on any atom is -0.369 e. The Labute approximate surface area is 72.8 Å². The van der Waals surface area contributed by atoms with Crippen molar-refractivity contribution in [2.75, 3.05) is 5.73 Å². The molecule has 0 atom stereocenters. The van der Waals surface area contributed by atoms with Crippen LogP contribution in [-0.2, 0) is 5.41 Å². The van der Waals surface area contributed by atoms with Gasteiger partial charge >= 0.3 is 0 Å². The Morgan fingerprint density at radius 3 is 2.18 bits per heavy atom. The number of aromatic nitrogens is 2. The van der Waals surface area contributed by atoms with Crippen molar-refractivity contribution in [1.29, 1.82) is 0 Å². The molecule has 1 rings (SSSR count). The first-order valence-electron chi connectivity index (χ1n) is 3.31. The maximum Gasteiger partial charge on any atom is 0.197 e. The maximum atomic E-state index is 5.41. The number of hydrogen-bond donors (Lipinski definition) is 2. The van der Waals surface area contributed by atoms with Crippen LogP contribution in [0.4, 0.5) is 5.95 Å². The van der Waals surface area contributed by atoms with Gasteiger partial charge in [-0.3, -0.25) is 0 Å². The molecule has 0 fully saturated rings. The molecule has 3 N–H and O–H groups in total. The van der Waals surface area contributed by atoms with Crippen molar-refractivity contribution < 1.29 is 0 Å². The van der Waals surface area contributed by atoms with Crippen molar-refractivity contribution in [1.82, 2.24) is 9.97 Å². The van der Waals surface area contributed by atoms with Crippen LogP contribution >= 0.6 is 12.4 Å². The maximum absolute atomic E-state index is 5.41. The minimum absolute atomic E-state index is 0. The molecular weight excluding hydrogens is 162 g/mol. The number of nitrogens with two attached hydrogens (primary N) is 1. The van der Waals surface area contributed by atoms with Crippen LogP contribution in [0.25, 0.3) is 0 Å². The van der Waals surface area contributed by atoms with Crippen molar-refractivity contribution in [3.05, 3.63) is 11.9 Å². The van der Waals surface area contributed by atoms with Gasteiger partial charge in [-0.1, -0.05) is 20.8 Å². The highest BCUT2D eigenvalue weighted by molar-refractivity contribution is 5.85. The number of nitrogens with one attached hydrogen (secondary N) is 1. The first-order chi connectivity index (χ1) is 4.50. The summed E-state index contributed by atoms with van der Waals surface area (Å²) in [7, 11) is 0. The quantitative estimate of drug-likeness (QED) is 0.631. The molecule has 0 saturated carbocycles. The molecule has 4 heteroatoms. The molecule has 1 aromatic heterocycles. The van der Waals surface area contributed by atoms with E-state index in [0.717, 1.165) is 5.69 Å². The van der Waals surface area contributed by atoms with Crippen molar-refractivity contribution in [3.63, 3.8) is 0 Å². The third kappa shape index (κ3) is 2.42. The van der Waals surface area contributed by atoms with Crippen LogP contribution in [0.3, 0.4) is 0 Å². The van der Waals surface area contributed by atoms with E-state index < -0.39 is 0 Å². The average molecular weight is 176 g/mol. The second kappa shape index (κ2) is 3.13. The molecule has 1 aromatic rings. The fourth-order valence-corrected chi connectivity index (χ4v) is 0.718. The van der Waals surface area contributed by atoms with E-state index in [9.17, 15) is 0 Å². The number of imidazole rings is 1. The summed E-state index contributed by atoms with van der Waals surface area (Å²) in [5, 5.41) is 0. The van der Waals surface area contributed by atoms with E-state index in [-0.39, 0.29) is 17.8 Å². The van der Waals surface area contributed by atoms with Gasteiger partial charge in [0.25, 0.3) is 0 Å². The molecule has 0 spiro atoms. The molecule has 0 bridgehead atoms. The van der Waals surface area contributed by atoms with E-state index in [1.165, 1.54) is 0 Å². The first-order valence-corrected chi connectivity index (χ1v) is 3.31. The molecule has 0 aliphatic heterocycles. The Balaban J connectivity index is 0.000001000. The summed E-state index contributed by atoms with van der Waals surface area (Å²) in [6, 6.07) is 0. The van der Waals surface area contributed by atoms with Gasteiger partial charge in [0.05, 0.1) is 6.20 Å². The number of rotatable bonds is 0. The second-order valence-corrected chi connectivity index (χ2v) is 3.43. The summed E-state index contributed by atoms with van der Waals surface area (Å²) in [5.41, 5.74) is 6.60. The Kier molecular flexibility index (Phi) is 2.93. The van der Waals surface area contributed by atoms with Crippen LogP contribution in [-0.4, -0.2) is 9.97 Å². The van der Waals surface area contributed by atoms with Gasteiger partial charge in [-0.05, 0) is 0 Å². The largest absolute Gasteiger partial charge is 0.369 e. The number of nitrogens with zero attached hydrogens (tertiary/aromatic N) is 1. The number of halogens is 1. The van der Waals surface area contributed by atoms with Crippen LogP contribution < -0.4 is 5.73 Å². The van der Waals surface area contributed by atoms with Crippen molar-refractivity contribution in [3.8, 4) is 0 Å². The topological polar surface area (TPSA) is 54.7 Å². The van der Waals surface area contributed by atoms with Gasteiger partial charge in [0.1, 0.15) is 0 Å². The lowest BCUT2D eigenvalue weighted by molar-refractivity contribution is 0.573. The molecule has 64 valence electrons. The summed E-state index contributed by atoms with van der Waals surface area (Å²) in [4.78, 5) is 6.89. The number of nitrogen functional groups attached to an aromatic ring is 1. The van der Waals surface area contributed by atoms with Gasteiger partial charge in [0, 0.05) is 11.1 Å². The van der Waals surface area contributed by atoms with E-state index in [2.05, 4.69) is 30.7 Å². The van der Waals surface area contributed by atoms with Gasteiger partial charge < -0.3 is 10.7 Å². The fourth-order valence-electron chi connectivity index (χ4n) is 0.718. The highest BCUT2D eigenvalue weighted by atomic mass is 35.5. The van der Waals surface area contributed by atoms with E-state index in [1.54, 1.807) is 6.20 Å². The third-order valence-corrected chi connectivity index (χ3v) is 1.40. The summed E-state index contributed by atoms with van der Waals surface area (Å²) >= 11 is 0. The van der Waals surface area contributed by atoms with Crippen LogP contribution in [0.15, 0.2) is 6.20 Å². The molecule has 1 heterocycles. The summed E-state index contributed by atoms with van der Waals surface area (Å²) in [6.07, 6.45) is 1.77. The van der Waals surface area contributed by atoms with Crippen molar-refractivity contribution in [2.24, 2.45) is 0 Å². The monoisotopic (exact) mass is 175 g/mol. The molecule has 0 unspecified atom stereocenters. The number of anilines is 1. The SMILES string of the molecule is CC(C)(C)c1cnc(N)[nH]1.Cl. The lowest BCUT2D eigenvalue weighted by atomic mass is 9.93. The number of H-pyrrole nitrogens is 1. The summed E-state index contributed by atoms with van der Waals surface area (Å²) in [6.45, 7) is 6.33. The zero-order valence-corrected chi connectivity index (χ0v) is 7.83. The summed E-state index contributed by atoms with van der Waals surface area (Å²) < 4.78 is 0. The molecule has 0 saturated heterocycles. The van der Waals surface area contributed by atoms with Gasteiger partial charge in [0.2, 0.25) is 0 Å². The van der Waals surface area contributed by atoms with E-state index in [0.29, 0.717) is 5.95 Å². The molecule has 0 aliphatic carbocycles. The smallest absolute Gasteiger partial charge is 0.197 e. The normalized spacial score (nSPS) is 10.8. The predicted octanol–water partition coefficient (Wildman–Crippen LogP) is 1.71. The highest BCUT2D eigenvalue weighted by Crippen LogP contribution is 2.19. The number of aromatic amines is 1. The zero-order chi connectivity index (χ0) is 7.78. The van der Waals surface area contributed by atoms with Gasteiger partial charge in [-0.15, -0.1) is 12.4 Å². The Morgan fingerprint density at radius 2 is 2.00 bits per heavy atom. The molecule has 0 aliphatic rings. The molecule has 3 nitrogen and oxygen atoms in total. The van der Waals surface area contributed by atoms with E-state index in [4.69, 9.17) is 5.73 Å². The van der Waals surface area contributed by atoms with Crippen molar-refractivity contribution >= 4 is 18.4 Å². The van der Waals surface area contributed by atoms with Crippen LogP contribution in [0.1, 0.15) is 26.5 Å². The average Bonchev–Trinajstić information content (AvgIpc) is 2.11. The van der Waals surface area contributed by atoms with Gasteiger partial charge in [-0.2, -0.15) is 0 Å². The van der Waals surface area contributed by atoms with E-state index >= 15 is 0 Å². The van der Waals surface area contributed by atoms with Crippen LogP contribution in [0, 0.1) is 0 Å². The zero-order valence-electron chi connectivity index (χ0n) is 7.01. The van der Waals surface area contributed by atoms with Gasteiger partial charge in [0.15, 0.2) is 5.95 Å². The number of hydrogen-bond acceptors (Lipinski definition) is 2. The van der Waals surface area contributed by atoms with Crippen LogP contribution in [0.5, 0.6) is 0 Å².